The molecule has 2 atom stereocenters. The molecule has 6 rings (SSSR count). The minimum absolute atomic E-state index is 0.0107. The van der Waals surface area contributed by atoms with Gasteiger partial charge in [-0.25, -0.2) is 15.0 Å². The van der Waals surface area contributed by atoms with E-state index in [1.807, 2.05) is 22.8 Å². The zero-order valence-corrected chi connectivity index (χ0v) is 21.7. The molecular formula is C26H24F2N5O4P. The van der Waals surface area contributed by atoms with Crippen LogP contribution in [0.3, 0.4) is 0 Å². The second-order valence-electron chi connectivity index (χ2n) is 9.92. The number of imidazole rings is 1. The lowest BCUT2D eigenvalue weighted by Crippen LogP contribution is -2.30. The van der Waals surface area contributed by atoms with Crippen molar-refractivity contribution >= 4 is 24.1 Å². The summed E-state index contributed by atoms with van der Waals surface area (Å²) in [5, 5.41) is 0. The highest BCUT2D eigenvalue weighted by Crippen LogP contribution is 2.50. The molecular weight excluding hydrogens is 515 g/mol. The first kappa shape index (κ1) is 24.5. The number of carbonyl (C=O) groups is 1. The summed E-state index contributed by atoms with van der Waals surface area (Å²) in [6.07, 6.45) is 3.80. The molecule has 2 bridgehead atoms. The van der Waals surface area contributed by atoms with Gasteiger partial charge in [0.25, 0.3) is 5.91 Å². The van der Waals surface area contributed by atoms with E-state index in [4.69, 9.17) is 14.5 Å². The van der Waals surface area contributed by atoms with Crippen LogP contribution in [-0.4, -0.2) is 63.7 Å². The van der Waals surface area contributed by atoms with Crippen molar-refractivity contribution in [3.05, 3.63) is 65.7 Å². The first-order valence-corrected chi connectivity index (χ1v) is 14.8. The maximum atomic E-state index is 13.3. The van der Waals surface area contributed by atoms with Crippen molar-refractivity contribution < 1.29 is 27.6 Å². The molecule has 196 valence electrons. The van der Waals surface area contributed by atoms with Crippen molar-refractivity contribution in [2.45, 2.75) is 25.1 Å². The number of benzene rings is 2. The van der Waals surface area contributed by atoms with Crippen LogP contribution in [0.2, 0.25) is 0 Å². The number of alkyl halides is 2. The fourth-order valence-electron chi connectivity index (χ4n) is 5.21. The quantitative estimate of drug-likeness (QED) is 0.312. The molecule has 38 heavy (non-hydrogen) atoms. The molecule has 0 fully saturated rings. The van der Waals surface area contributed by atoms with Crippen molar-refractivity contribution in [1.82, 2.24) is 24.4 Å². The minimum Gasteiger partial charge on any atom is -0.456 e. The monoisotopic (exact) mass is 539 g/mol. The molecule has 0 unspecified atom stereocenters. The van der Waals surface area contributed by atoms with Crippen LogP contribution < -0.4 is 9.47 Å². The Morgan fingerprint density at radius 2 is 1.87 bits per heavy atom. The number of fused-ring (bicyclic) bond motifs is 9. The van der Waals surface area contributed by atoms with Crippen LogP contribution in [-0.2, 0) is 4.57 Å². The third kappa shape index (κ3) is 4.11. The molecule has 2 aliphatic heterocycles. The van der Waals surface area contributed by atoms with Crippen LogP contribution in [0.1, 0.15) is 40.3 Å². The topological polar surface area (TPSA) is 99.4 Å². The fourth-order valence-corrected chi connectivity index (χ4v) is 5.64. The van der Waals surface area contributed by atoms with Crippen molar-refractivity contribution in [2.24, 2.45) is 0 Å². The van der Waals surface area contributed by atoms with Gasteiger partial charge < -0.3 is 23.5 Å². The molecule has 2 aromatic carbocycles. The molecule has 12 heteroatoms. The Labute approximate surface area is 216 Å². The molecule has 2 aromatic heterocycles. The van der Waals surface area contributed by atoms with Gasteiger partial charge >= 0.3 is 12.6 Å². The number of hydrogen-bond acceptors (Lipinski definition) is 7. The molecule has 0 saturated heterocycles. The molecule has 0 aliphatic carbocycles. The summed E-state index contributed by atoms with van der Waals surface area (Å²) in [4.78, 5) is 28.2. The van der Waals surface area contributed by atoms with Crippen LogP contribution in [0.4, 0.5) is 8.78 Å². The molecule has 0 saturated carbocycles. The van der Waals surface area contributed by atoms with Gasteiger partial charge in [0.05, 0.1) is 23.1 Å². The van der Waals surface area contributed by atoms with Gasteiger partial charge in [0.1, 0.15) is 25.1 Å². The summed E-state index contributed by atoms with van der Waals surface area (Å²) in [5.74, 6) is 0.427. The normalized spacial score (nSPS) is 18.5. The van der Waals surface area contributed by atoms with E-state index in [2.05, 4.69) is 9.97 Å². The van der Waals surface area contributed by atoms with Gasteiger partial charge in [0.15, 0.2) is 0 Å². The average molecular weight is 539 g/mol. The van der Waals surface area contributed by atoms with E-state index in [1.54, 1.807) is 49.8 Å². The minimum atomic E-state index is -3.02. The van der Waals surface area contributed by atoms with Crippen molar-refractivity contribution in [3.8, 4) is 22.9 Å². The van der Waals surface area contributed by atoms with E-state index in [0.29, 0.717) is 23.4 Å². The summed E-state index contributed by atoms with van der Waals surface area (Å²) in [6.45, 7) is 0.243. The lowest BCUT2D eigenvalue weighted by atomic mass is 9.97. The van der Waals surface area contributed by atoms with E-state index in [9.17, 15) is 18.1 Å². The highest BCUT2D eigenvalue weighted by atomic mass is 31.2. The van der Waals surface area contributed by atoms with E-state index >= 15 is 0 Å². The van der Waals surface area contributed by atoms with Crippen LogP contribution in [0.25, 0.3) is 22.2 Å². The molecule has 0 N–H and O–H groups in total. The highest BCUT2D eigenvalue weighted by Gasteiger charge is 2.45. The van der Waals surface area contributed by atoms with Gasteiger partial charge in [-0.3, -0.25) is 4.79 Å². The Bertz CT molecular complexity index is 1620. The third-order valence-electron chi connectivity index (χ3n) is 6.87. The van der Waals surface area contributed by atoms with Gasteiger partial charge in [-0.15, -0.1) is 0 Å². The molecule has 4 aromatic rings. The summed E-state index contributed by atoms with van der Waals surface area (Å²) in [5.41, 5.74) is 3.85. The van der Waals surface area contributed by atoms with E-state index in [0.717, 1.165) is 22.2 Å². The summed E-state index contributed by atoms with van der Waals surface area (Å²) in [6, 6.07) is 9.81. The molecule has 1 amide bonds. The number of aromatic nitrogens is 4. The second-order valence-corrected chi connectivity index (χ2v) is 13.3. The Morgan fingerprint density at radius 1 is 1.11 bits per heavy atom. The number of ether oxygens (including phenoxy) is 2. The Kier molecular flexibility index (Phi) is 5.72. The SMILES string of the molecule is CN1C(=O)c2cccc(OC(F)F)c2[C@H]2C[C@H]1c1nc3ccc(-c4cnc(OCP(C)(C)=O)nc4)cc3n12. The number of rotatable bonds is 6. The number of amides is 1. The van der Waals surface area contributed by atoms with Crippen LogP contribution in [0.5, 0.6) is 11.8 Å². The number of halogens is 2. The Balaban J connectivity index is 1.44. The lowest BCUT2D eigenvalue weighted by molar-refractivity contribution is -0.0507. The van der Waals surface area contributed by atoms with Crippen LogP contribution in [0.15, 0.2) is 48.8 Å². The van der Waals surface area contributed by atoms with Crippen molar-refractivity contribution in [1.29, 1.82) is 0 Å². The predicted octanol–water partition coefficient (Wildman–Crippen LogP) is 5.17. The molecule has 9 nitrogen and oxygen atoms in total. The Hall–Kier alpha value is -3.85. The van der Waals surface area contributed by atoms with Crippen molar-refractivity contribution in [2.75, 3.05) is 26.7 Å². The van der Waals surface area contributed by atoms with Crippen LogP contribution >= 0.6 is 7.14 Å². The number of nitrogens with zero attached hydrogens (tertiary/aromatic N) is 5. The second kappa shape index (κ2) is 8.87. The molecule has 4 heterocycles. The van der Waals surface area contributed by atoms with Gasteiger partial charge in [0, 0.05) is 42.6 Å². The first-order chi connectivity index (χ1) is 18.1. The largest absolute Gasteiger partial charge is 0.456 e. The predicted molar refractivity (Wildman–Crippen MR) is 136 cm³/mol. The Morgan fingerprint density at radius 3 is 2.58 bits per heavy atom. The van der Waals surface area contributed by atoms with Gasteiger partial charge in [0.2, 0.25) is 0 Å². The lowest BCUT2D eigenvalue weighted by Gasteiger charge is -2.24. The number of hydrogen-bond donors (Lipinski definition) is 0. The third-order valence-corrected chi connectivity index (χ3v) is 7.62. The number of carbonyl (C=O) groups excluding carboxylic acids is 1. The van der Waals surface area contributed by atoms with E-state index in [1.165, 1.54) is 6.07 Å². The molecule has 0 radical (unpaired) electrons. The summed E-state index contributed by atoms with van der Waals surface area (Å²) >= 11 is 0. The van der Waals surface area contributed by atoms with Gasteiger partial charge in [-0.2, -0.15) is 8.78 Å². The molecule has 2 aliphatic rings. The van der Waals surface area contributed by atoms with E-state index < -0.39 is 19.8 Å². The fraction of sp³-hybridized carbons (Fsp3) is 0.308. The summed E-state index contributed by atoms with van der Waals surface area (Å²) < 4.78 is 50.8. The first-order valence-electron chi connectivity index (χ1n) is 12.0. The standard InChI is InChI=1S/C26H24F2N5O4P/c1-32-20-10-19(22-16(24(32)34)5-4-6-21(22)37-25(27)28)33-18-9-14(7-8-17(18)31-23(20)33)15-11-29-26(30-12-15)36-13-38(2,3)35/h4-9,11-12,19-20,25H,10,13H2,1-3H3/t19-,20+/m1/s1. The smallest absolute Gasteiger partial charge is 0.387 e. The zero-order chi connectivity index (χ0) is 26.8. The van der Waals surface area contributed by atoms with Gasteiger partial charge in [-0.05, 0) is 43.2 Å². The maximum absolute atomic E-state index is 13.3. The summed E-state index contributed by atoms with van der Waals surface area (Å²) in [7, 11) is -0.666. The average Bonchev–Trinajstić information content (AvgIpc) is 3.40. The van der Waals surface area contributed by atoms with Gasteiger partial charge in [-0.1, -0.05) is 12.1 Å². The molecule has 0 spiro atoms. The van der Waals surface area contributed by atoms with Crippen molar-refractivity contribution in [3.63, 3.8) is 0 Å². The zero-order valence-electron chi connectivity index (χ0n) is 20.8. The van der Waals surface area contributed by atoms with Crippen LogP contribution in [0, 0.1) is 0 Å². The highest BCUT2D eigenvalue weighted by molar-refractivity contribution is 7.62. The maximum Gasteiger partial charge on any atom is 0.387 e. The van der Waals surface area contributed by atoms with E-state index in [-0.39, 0.29) is 30.1 Å².